The molecular weight excluding hydrogens is 294 g/mol. The quantitative estimate of drug-likeness (QED) is 0.866. The highest BCUT2D eigenvalue weighted by atomic mass is 16.6. The van der Waals surface area contributed by atoms with Crippen LogP contribution in [-0.2, 0) is 20.7 Å². The Morgan fingerprint density at radius 1 is 1.22 bits per heavy atom. The van der Waals surface area contributed by atoms with Crippen molar-refractivity contribution in [2.75, 3.05) is 0 Å². The molecule has 1 atom stereocenters. The minimum atomic E-state index is -0.509. The van der Waals surface area contributed by atoms with Crippen LogP contribution in [0.4, 0.5) is 0 Å². The SMILES string of the molecule is CC(C)(C)OC(=O)Cc1ccc(C(=O)NC2CCCC2=O)cc1. The first-order valence-corrected chi connectivity index (χ1v) is 7.89. The zero-order valence-corrected chi connectivity index (χ0v) is 13.8. The van der Waals surface area contributed by atoms with Gasteiger partial charge in [0, 0.05) is 12.0 Å². The number of nitrogens with one attached hydrogen (secondary N) is 1. The molecule has 0 saturated heterocycles. The van der Waals surface area contributed by atoms with Crippen molar-refractivity contribution in [3.8, 4) is 0 Å². The van der Waals surface area contributed by atoms with E-state index in [1.54, 1.807) is 24.3 Å². The molecule has 1 saturated carbocycles. The van der Waals surface area contributed by atoms with Gasteiger partial charge < -0.3 is 10.1 Å². The number of ketones is 1. The summed E-state index contributed by atoms with van der Waals surface area (Å²) >= 11 is 0. The molecule has 0 spiro atoms. The van der Waals surface area contributed by atoms with E-state index in [4.69, 9.17) is 4.74 Å². The Hall–Kier alpha value is -2.17. The summed E-state index contributed by atoms with van der Waals surface area (Å²) in [5.41, 5.74) is 0.760. The highest BCUT2D eigenvalue weighted by molar-refractivity contribution is 5.98. The number of hydrogen-bond acceptors (Lipinski definition) is 4. The van der Waals surface area contributed by atoms with Gasteiger partial charge in [0.15, 0.2) is 5.78 Å². The number of hydrogen-bond donors (Lipinski definition) is 1. The summed E-state index contributed by atoms with van der Waals surface area (Å²) in [7, 11) is 0. The van der Waals surface area contributed by atoms with E-state index < -0.39 is 5.60 Å². The normalized spacial score (nSPS) is 17.9. The molecule has 124 valence electrons. The van der Waals surface area contributed by atoms with Crippen molar-refractivity contribution in [3.63, 3.8) is 0 Å². The number of carbonyl (C=O) groups excluding carboxylic acids is 3. The van der Waals surface area contributed by atoms with Crippen LogP contribution in [0.15, 0.2) is 24.3 Å². The monoisotopic (exact) mass is 317 g/mol. The number of esters is 1. The van der Waals surface area contributed by atoms with Crippen LogP contribution in [0, 0.1) is 0 Å². The van der Waals surface area contributed by atoms with Crippen molar-refractivity contribution >= 4 is 17.7 Å². The topological polar surface area (TPSA) is 72.5 Å². The number of amides is 1. The second-order valence-corrected chi connectivity index (χ2v) is 6.84. The predicted molar refractivity (Wildman–Crippen MR) is 86.1 cm³/mol. The lowest BCUT2D eigenvalue weighted by Gasteiger charge is -2.19. The molecule has 0 radical (unpaired) electrons. The summed E-state index contributed by atoms with van der Waals surface area (Å²) in [5.74, 6) is -0.458. The lowest BCUT2D eigenvalue weighted by Crippen LogP contribution is -2.37. The number of ether oxygens (including phenoxy) is 1. The molecule has 23 heavy (non-hydrogen) atoms. The van der Waals surface area contributed by atoms with Crippen LogP contribution < -0.4 is 5.32 Å². The smallest absolute Gasteiger partial charge is 0.310 e. The molecule has 5 nitrogen and oxygen atoms in total. The van der Waals surface area contributed by atoms with Gasteiger partial charge in [0.25, 0.3) is 5.91 Å². The van der Waals surface area contributed by atoms with Gasteiger partial charge in [-0.25, -0.2) is 0 Å². The van der Waals surface area contributed by atoms with E-state index in [-0.39, 0.29) is 30.1 Å². The number of benzene rings is 1. The molecule has 1 aromatic rings. The third kappa shape index (κ3) is 5.20. The van der Waals surface area contributed by atoms with Gasteiger partial charge >= 0.3 is 5.97 Å². The maximum atomic E-state index is 12.1. The predicted octanol–water partition coefficient (Wildman–Crippen LogP) is 2.42. The van der Waals surface area contributed by atoms with Crippen molar-refractivity contribution in [1.29, 1.82) is 0 Å². The van der Waals surface area contributed by atoms with Crippen LogP contribution in [0.25, 0.3) is 0 Å². The number of rotatable bonds is 4. The zero-order chi connectivity index (χ0) is 17.0. The third-order valence-corrected chi connectivity index (χ3v) is 3.59. The Bertz CT molecular complexity index is 598. The van der Waals surface area contributed by atoms with Crippen LogP contribution in [0.2, 0.25) is 0 Å². The highest BCUT2D eigenvalue weighted by Gasteiger charge is 2.26. The molecule has 0 heterocycles. The number of carbonyl (C=O) groups is 3. The second kappa shape index (κ2) is 6.94. The molecule has 0 aliphatic heterocycles. The Balaban J connectivity index is 1.92. The number of Topliss-reactive ketones (excluding diaryl/α,β-unsaturated/α-hetero) is 1. The van der Waals surface area contributed by atoms with Crippen LogP contribution in [0.3, 0.4) is 0 Å². The molecule has 2 rings (SSSR count). The van der Waals surface area contributed by atoms with Crippen molar-refractivity contribution in [3.05, 3.63) is 35.4 Å². The first-order valence-electron chi connectivity index (χ1n) is 7.89. The maximum absolute atomic E-state index is 12.1. The second-order valence-electron chi connectivity index (χ2n) is 6.84. The van der Waals surface area contributed by atoms with Crippen molar-refractivity contribution in [2.45, 2.75) is 58.1 Å². The molecular formula is C18H23NO4. The molecule has 0 aromatic heterocycles. The van der Waals surface area contributed by atoms with E-state index in [1.807, 2.05) is 20.8 Å². The molecule has 5 heteroatoms. The van der Waals surface area contributed by atoms with Crippen molar-refractivity contribution in [1.82, 2.24) is 5.32 Å². The average Bonchev–Trinajstić information content (AvgIpc) is 2.83. The fourth-order valence-corrected chi connectivity index (χ4v) is 2.53. The maximum Gasteiger partial charge on any atom is 0.310 e. The van der Waals surface area contributed by atoms with E-state index in [2.05, 4.69) is 5.32 Å². The minimum Gasteiger partial charge on any atom is -0.460 e. The van der Waals surface area contributed by atoms with Crippen LogP contribution in [0.1, 0.15) is 56.0 Å². The van der Waals surface area contributed by atoms with E-state index in [9.17, 15) is 14.4 Å². The standard InChI is InChI=1S/C18H23NO4/c1-18(2,3)23-16(21)11-12-7-9-13(10-8-12)17(22)19-14-5-4-6-15(14)20/h7-10,14H,4-6,11H2,1-3H3,(H,19,22). The van der Waals surface area contributed by atoms with Gasteiger partial charge in [-0.05, 0) is 51.3 Å². The van der Waals surface area contributed by atoms with E-state index in [1.165, 1.54) is 0 Å². The molecule has 1 aliphatic carbocycles. The van der Waals surface area contributed by atoms with E-state index >= 15 is 0 Å². The molecule has 1 N–H and O–H groups in total. The van der Waals surface area contributed by atoms with Gasteiger partial charge in [-0.2, -0.15) is 0 Å². The largest absolute Gasteiger partial charge is 0.460 e. The lowest BCUT2D eigenvalue weighted by molar-refractivity contribution is -0.153. The summed E-state index contributed by atoms with van der Waals surface area (Å²) in [4.78, 5) is 35.5. The first kappa shape index (κ1) is 17.2. The van der Waals surface area contributed by atoms with Crippen molar-refractivity contribution in [2.24, 2.45) is 0 Å². The molecule has 1 aromatic carbocycles. The Labute approximate surface area is 136 Å². The fraction of sp³-hybridized carbons (Fsp3) is 0.500. The van der Waals surface area contributed by atoms with Crippen LogP contribution in [-0.4, -0.2) is 29.3 Å². The lowest BCUT2D eigenvalue weighted by atomic mass is 10.1. The molecule has 1 amide bonds. The first-order chi connectivity index (χ1) is 10.7. The Kier molecular flexibility index (Phi) is 5.19. The van der Waals surface area contributed by atoms with Gasteiger partial charge in [0.05, 0.1) is 12.5 Å². The Morgan fingerprint density at radius 2 is 1.87 bits per heavy atom. The van der Waals surface area contributed by atoms with Gasteiger partial charge in [-0.3, -0.25) is 14.4 Å². The van der Waals surface area contributed by atoms with Crippen LogP contribution >= 0.6 is 0 Å². The van der Waals surface area contributed by atoms with Gasteiger partial charge in [0.1, 0.15) is 5.60 Å². The molecule has 1 aliphatic rings. The zero-order valence-electron chi connectivity index (χ0n) is 13.8. The summed E-state index contributed by atoms with van der Waals surface area (Å²) < 4.78 is 5.26. The van der Waals surface area contributed by atoms with Gasteiger partial charge in [-0.15, -0.1) is 0 Å². The highest BCUT2D eigenvalue weighted by Crippen LogP contribution is 2.15. The summed E-state index contributed by atoms with van der Waals surface area (Å²) in [6.07, 6.45) is 2.25. The average molecular weight is 317 g/mol. The molecule has 0 bridgehead atoms. The van der Waals surface area contributed by atoms with Crippen LogP contribution in [0.5, 0.6) is 0 Å². The molecule has 1 fully saturated rings. The van der Waals surface area contributed by atoms with E-state index in [0.717, 1.165) is 12.0 Å². The van der Waals surface area contributed by atoms with Gasteiger partial charge in [0.2, 0.25) is 0 Å². The summed E-state index contributed by atoms with van der Waals surface area (Å²) in [6.45, 7) is 5.47. The third-order valence-electron chi connectivity index (χ3n) is 3.59. The molecule has 1 unspecified atom stereocenters. The minimum absolute atomic E-state index is 0.0971. The fourth-order valence-electron chi connectivity index (χ4n) is 2.53. The van der Waals surface area contributed by atoms with Gasteiger partial charge in [-0.1, -0.05) is 12.1 Å². The van der Waals surface area contributed by atoms with E-state index in [0.29, 0.717) is 18.4 Å². The summed E-state index contributed by atoms with van der Waals surface area (Å²) in [5, 5.41) is 2.76. The van der Waals surface area contributed by atoms with Crippen molar-refractivity contribution < 1.29 is 19.1 Å². The Morgan fingerprint density at radius 3 is 2.39 bits per heavy atom. The summed E-state index contributed by atoms with van der Waals surface area (Å²) in [6, 6.07) is 6.43.